The summed E-state index contributed by atoms with van der Waals surface area (Å²) in [5.74, 6) is -1.81. The van der Waals surface area contributed by atoms with E-state index in [0.717, 1.165) is 25.7 Å². The van der Waals surface area contributed by atoms with Crippen molar-refractivity contribution in [1.82, 2.24) is 10.6 Å². The molecule has 7 heteroatoms. The monoisotopic (exact) mass is 298 g/mol. The summed E-state index contributed by atoms with van der Waals surface area (Å²) in [6.45, 7) is 0.627. The van der Waals surface area contributed by atoms with E-state index in [1.54, 1.807) is 0 Å². The first-order valence-electron chi connectivity index (χ1n) is 7.45. The Morgan fingerprint density at radius 1 is 1.14 bits per heavy atom. The largest absolute Gasteiger partial charge is 0.481 e. The maximum absolute atomic E-state index is 11.8. The number of aliphatic carboxylic acids is 1. The van der Waals surface area contributed by atoms with Gasteiger partial charge in [-0.25, -0.2) is 0 Å². The van der Waals surface area contributed by atoms with Crippen LogP contribution in [-0.4, -0.2) is 48.7 Å². The van der Waals surface area contributed by atoms with E-state index < -0.39 is 17.9 Å². The summed E-state index contributed by atoms with van der Waals surface area (Å²) < 4.78 is 5.08. The number of carbonyl (C=O) groups is 3. The number of carboxylic acid groups (broad SMARTS) is 1. The predicted molar refractivity (Wildman–Crippen MR) is 73.5 cm³/mol. The second-order valence-corrected chi connectivity index (χ2v) is 5.68. The Morgan fingerprint density at radius 2 is 1.86 bits per heavy atom. The summed E-state index contributed by atoms with van der Waals surface area (Å²) in [4.78, 5) is 34.5. The van der Waals surface area contributed by atoms with Crippen LogP contribution in [0.3, 0.4) is 0 Å². The number of carboxylic acids is 1. The van der Waals surface area contributed by atoms with E-state index in [1.165, 1.54) is 0 Å². The number of hydrogen-bond donors (Lipinski definition) is 3. The summed E-state index contributed by atoms with van der Waals surface area (Å²) in [7, 11) is 0. The Labute approximate surface area is 123 Å². The van der Waals surface area contributed by atoms with Gasteiger partial charge in [0, 0.05) is 18.9 Å². The van der Waals surface area contributed by atoms with Crippen LogP contribution >= 0.6 is 0 Å². The fraction of sp³-hybridized carbons (Fsp3) is 0.786. The van der Waals surface area contributed by atoms with Crippen molar-refractivity contribution in [3.8, 4) is 0 Å². The minimum Gasteiger partial charge on any atom is -0.481 e. The van der Waals surface area contributed by atoms with Crippen molar-refractivity contribution in [1.29, 1.82) is 0 Å². The van der Waals surface area contributed by atoms with Crippen LogP contribution in [0.1, 0.15) is 32.1 Å². The molecular formula is C14H22N2O5. The number of nitrogens with one attached hydrogen (secondary N) is 2. The van der Waals surface area contributed by atoms with Gasteiger partial charge in [0.2, 0.25) is 11.8 Å². The molecule has 0 spiro atoms. The lowest BCUT2D eigenvalue weighted by atomic mass is 10.0. The molecule has 0 aromatic carbocycles. The molecule has 2 atom stereocenters. The van der Waals surface area contributed by atoms with Crippen molar-refractivity contribution in [2.24, 2.45) is 11.8 Å². The van der Waals surface area contributed by atoms with Crippen molar-refractivity contribution in [3.63, 3.8) is 0 Å². The highest BCUT2D eigenvalue weighted by Crippen LogP contribution is 2.24. The fourth-order valence-corrected chi connectivity index (χ4v) is 2.85. The van der Waals surface area contributed by atoms with E-state index in [1.807, 2.05) is 0 Å². The molecule has 2 fully saturated rings. The molecule has 2 rings (SSSR count). The molecule has 118 valence electrons. The second-order valence-electron chi connectivity index (χ2n) is 5.68. The third-order valence-corrected chi connectivity index (χ3v) is 4.12. The van der Waals surface area contributed by atoms with Crippen LogP contribution in [0.2, 0.25) is 0 Å². The Morgan fingerprint density at radius 3 is 2.52 bits per heavy atom. The molecule has 0 aromatic rings. The van der Waals surface area contributed by atoms with E-state index in [4.69, 9.17) is 9.84 Å². The zero-order valence-corrected chi connectivity index (χ0v) is 12.0. The van der Waals surface area contributed by atoms with Gasteiger partial charge in [-0.2, -0.15) is 0 Å². The number of rotatable bonds is 6. The summed E-state index contributed by atoms with van der Waals surface area (Å²) in [6, 6.07) is -0.486. The lowest BCUT2D eigenvalue weighted by Gasteiger charge is -2.16. The lowest BCUT2D eigenvalue weighted by Crippen LogP contribution is -2.43. The van der Waals surface area contributed by atoms with Crippen LogP contribution in [-0.2, 0) is 19.1 Å². The van der Waals surface area contributed by atoms with Crippen LogP contribution in [0.5, 0.6) is 0 Å². The Kier molecular flexibility index (Phi) is 5.55. The minimum absolute atomic E-state index is 0.0212. The summed E-state index contributed by atoms with van der Waals surface area (Å²) >= 11 is 0. The summed E-state index contributed by atoms with van der Waals surface area (Å²) in [6.07, 6.45) is 4.20. The molecule has 2 unspecified atom stereocenters. The van der Waals surface area contributed by atoms with Gasteiger partial charge in [0.25, 0.3) is 0 Å². The highest BCUT2D eigenvalue weighted by Gasteiger charge is 2.34. The van der Waals surface area contributed by atoms with E-state index in [2.05, 4.69) is 10.6 Å². The topological polar surface area (TPSA) is 105 Å². The predicted octanol–water partition coefficient (Wildman–Crippen LogP) is -0.101. The van der Waals surface area contributed by atoms with Crippen molar-refractivity contribution in [2.45, 2.75) is 38.1 Å². The molecule has 0 aromatic heterocycles. The maximum atomic E-state index is 11.8. The van der Waals surface area contributed by atoms with Crippen LogP contribution in [0.15, 0.2) is 0 Å². The Hall–Kier alpha value is -1.63. The molecule has 1 aliphatic heterocycles. The molecule has 0 radical (unpaired) electrons. The first-order chi connectivity index (χ1) is 10.1. The van der Waals surface area contributed by atoms with Gasteiger partial charge in [-0.1, -0.05) is 12.8 Å². The van der Waals surface area contributed by atoms with Gasteiger partial charge >= 0.3 is 5.97 Å². The van der Waals surface area contributed by atoms with E-state index >= 15 is 0 Å². The van der Waals surface area contributed by atoms with E-state index in [0.29, 0.717) is 0 Å². The van der Waals surface area contributed by atoms with Crippen LogP contribution in [0, 0.1) is 11.8 Å². The third kappa shape index (κ3) is 4.42. The quantitative estimate of drug-likeness (QED) is 0.635. The molecule has 7 nitrogen and oxygen atoms in total. The Bertz CT molecular complexity index is 406. The van der Waals surface area contributed by atoms with Crippen LogP contribution in [0.25, 0.3) is 0 Å². The molecule has 1 saturated heterocycles. The smallest absolute Gasteiger partial charge is 0.311 e. The summed E-state index contributed by atoms with van der Waals surface area (Å²) in [5.41, 5.74) is 0. The fourth-order valence-electron chi connectivity index (χ4n) is 2.85. The van der Waals surface area contributed by atoms with Crippen molar-refractivity contribution >= 4 is 17.8 Å². The third-order valence-electron chi connectivity index (χ3n) is 4.12. The molecule has 2 amide bonds. The molecule has 2 aliphatic rings. The molecule has 3 N–H and O–H groups in total. The van der Waals surface area contributed by atoms with Gasteiger partial charge in [0.05, 0.1) is 19.3 Å². The minimum atomic E-state index is -0.965. The molecule has 1 heterocycles. The van der Waals surface area contributed by atoms with Gasteiger partial charge in [0.15, 0.2) is 0 Å². The second kappa shape index (κ2) is 7.40. The van der Waals surface area contributed by atoms with Crippen molar-refractivity contribution < 1.29 is 24.2 Å². The maximum Gasteiger partial charge on any atom is 0.311 e. The van der Waals surface area contributed by atoms with Crippen molar-refractivity contribution in [3.05, 3.63) is 0 Å². The molecule has 21 heavy (non-hydrogen) atoms. The number of hydrogen-bond acceptors (Lipinski definition) is 4. The highest BCUT2D eigenvalue weighted by atomic mass is 16.5. The Balaban J connectivity index is 1.65. The van der Waals surface area contributed by atoms with Crippen LogP contribution < -0.4 is 10.6 Å². The number of amides is 2. The van der Waals surface area contributed by atoms with Crippen molar-refractivity contribution in [2.75, 3.05) is 19.8 Å². The van der Waals surface area contributed by atoms with Crippen LogP contribution in [0.4, 0.5) is 0 Å². The van der Waals surface area contributed by atoms with Gasteiger partial charge < -0.3 is 20.5 Å². The number of carbonyl (C=O) groups excluding carboxylic acids is 2. The average Bonchev–Trinajstić information content (AvgIpc) is 3.09. The van der Waals surface area contributed by atoms with Gasteiger partial charge in [-0.15, -0.1) is 0 Å². The lowest BCUT2D eigenvalue weighted by molar-refractivity contribution is -0.142. The normalized spacial score (nSPS) is 25.7. The molecule has 0 bridgehead atoms. The first kappa shape index (κ1) is 15.8. The SMILES string of the molecule is O=C(CCNC(=O)C1CCCC1)NC1COCC1C(=O)O. The van der Waals surface area contributed by atoms with Gasteiger partial charge in [-0.05, 0) is 12.8 Å². The first-order valence-corrected chi connectivity index (χ1v) is 7.45. The molecule has 1 aliphatic carbocycles. The standard InChI is InChI=1S/C14H22N2O5/c17-12(16-11-8-21-7-10(11)14(19)20)5-6-15-13(18)9-3-1-2-4-9/h9-11H,1-8H2,(H,15,18)(H,16,17)(H,19,20). The summed E-state index contributed by atoms with van der Waals surface area (Å²) in [5, 5.41) is 14.4. The number of ether oxygens (including phenoxy) is 1. The highest BCUT2D eigenvalue weighted by molar-refractivity contribution is 5.81. The zero-order chi connectivity index (χ0) is 15.2. The molecule has 1 saturated carbocycles. The van der Waals surface area contributed by atoms with Gasteiger partial charge in [0.1, 0.15) is 5.92 Å². The molecular weight excluding hydrogens is 276 g/mol. The zero-order valence-electron chi connectivity index (χ0n) is 12.0. The van der Waals surface area contributed by atoms with E-state index in [-0.39, 0.29) is 43.9 Å². The van der Waals surface area contributed by atoms with E-state index in [9.17, 15) is 14.4 Å². The van der Waals surface area contributed by atoms with Gasteiger partial charge in [-0.3, -0.25) is 14.4 Å². The average molecular weight is 298 g/mol.